The van der Waals surface area contributed by atoms with Crippen LogP contribution in [0.5, 0.6) is 0 Å². The Morgan fingerprint density at radius 1 is 1.13 bits per heavy atom. The highest BCUT2D eigenvalue weighted by molar-refractivity contribution is 5.37. The van der Waals surface area contributed by atoms with E-state index in [-0.39, 0.29) is 11.4 Å². The third-order valence-corrected chi connectivity index (χ3v) is 2.09. The summed E-state index contributed by atoms with van der Waals surface area (Å²) < 4.78 is 38.1. The monoisotopic (exact) mass is 219 g/mol. The minimum Gasteiger partial charge on any atom is -0.287 e. The molecule has 0 unspecified atom stereocenters. The van der Waals surface area contributed by atoms with Crippen molar-refractivity contribution in [2.24, 2.45) is 0 Å². The van der Waals surface area contributed by atoms with E-state index in [0.29, 0.717) is 0 Å². The summed E-state index contributed by atoms with van der Waals surface area (Å²) in [6.45, 7) is 5.17. The zero-order valence-electron chi connectivity index (χ0n) is 8.87. The number of H-pyrrole nitrogens is 1. The fourth-order valence-electron chi connectivity index (χ4n) is 1.36. The van der Waals surface area contributed by atoms with Crippen LogP contribution in [0, 0.1) is 0 Å². The molecule has 0 atom stereocenters. The summed E-state index contributed by atoms with van der Waals surface area (Å²) >= 11 is 0. The molecule has 84 valence electrons. The molecule has 1 aromatic heterocycles. The lowest BCUT2D eigenvalue weighted by Gasteiger charge is -2.22. The second-order valence-corrected chi connectivity index (χ2v) is 4.46. The minimum atomic E-state index is -4.37. The van der Waals surface area contributed by atoms with E-state index in [9.17, 15) is 13.2 Å². The Kier molecular flexibility index (Phi) is 2.67. The molecule has 0 aromatic carbocycles. The normalized spacial score (nSPS) is 12.9. The first-order valence-electron chi connectivity index (χ1n) is 4.51. The highest BCUT2D eigenvalue weighted by Crippen LogP contribution is 2.36. The van der Waals surface area contributed by atoms with Gasteiger partial charge in [0.2, 0.25) is 0 Å². The molecule has 5 heteroatoms. The zero-order valence-corrected chi connectivity index (χ0v) is 8.87. The number of hydrogen-bond acceptors (Lipinski definition) is 1. The number of aromatic amines is 1. The first-order valence-corrected chi connectivity index (χ1v) is 4.51. The maximum atomic E-state index is 12.7. The highest BCUT2D eigenvalue weighted by Gasteiger charge is 2.37. The van der Waals surface area contributed by atoms with E-state index in [1.54, 1.807) is 20.8 Å². The van der Waals surface area contributed by atoms with E-state index in [1.165, 1.54) is 6.20 Å². The maximum absolute atomic E-state index is 12.7. The molecular weight excluding hydrogens is 205 g/mol. The highest BCUT2D eigenvalue weighted by atomic mass is 19.4. The first kappa shape index (κ1) is 11.8. The lowest BCUT2D eigenvalue weighted by Crippen LogP contribution is -2.24. The van der Waals surface area contributed by atoms with Crippen molar-refractivity contribution in [2.75, 3.05) is 5.73 Å². The molecule has 0 aliphatic heterocycles. The Morgan fingerprint density at radius 3 is 2.07 bits per heavy atom. The van der Waals surface area contributed by atoms with Gasteiger partial charge in [-0.2, -0.15) is 13.2 Å². The summed E-state index contributed by atoms with van der Waals surface area (Å²) in [6, 6.07) is 0.931. The van der Waals surface area contributed by atoms with Gasteiger partial charge in [-0.05, 0) is 5.41 Å². The van der Waals surface area contributed by atoms with Crippen LogP contribution in [0.3, 0.4) is 0 Å². The molecule has 0 aliphatic carbocycles. The predicted octanol–water partition coefficient (Wildman–Crippen LogP) is 2.40. The van der Waals surface area contributed by atoms with Gasteiger partial charge in [-0.15, -0.1) is 0 Å². The van der Waals surface area contributed by atoms with Crippen LogP contribution in [0.15, 0.2) is 12.3 Å². The van der Waals surface area contributed by atoms with E-state index >= 15 is 0 Å². The molecule has 1 heterocycles. The van der Waals surface area contributed by atoms with Gasteiger partial charge in [-0.1, -0.05) is 20.8 Å². The summed E-state index contributed by atoms with van der Waals surface area (Å²) in [4.78, 5) is 2.60. The van der Waals surface area contributed by atoms with Gasteiger partial charge in [0, 0.05) is 11.6 Å². The fraction of sp³-hybridized carbons (Fsp3) is 0.500. The molecule has 0 aliphatic rings. The molecule has 0 radical (unpaired) electrons. The van der Waals surface area contributed by atoms with Crippen LogP contribution in [0.1, 0.15) is 31.9 Å². The molecular formula is C10H14F3N2+. The lowest BCUT2D eigenvalue weighted by atomic mass is 9.85. The molecule has 0 bridgehead atoms. The largest absolute Gasteiger partial charge is 0.417 e. The van der Waals surface area contributed by atoms with Crippen molar-refractivity contribution in [3.63, 3.8) is 0 Å². The lowest BCUT2D eigenvalue weighted by molar-refractivity contribution is -0.362. The number of aromatic nitrogens is 1. The van der Waals surface area contributed by atoms with Gasteiger partial charge in [0.1, 0.15) is 0 Å². The van der Waals surface area contributed by atoms with Crippen molar-refractivity contribution in [2.45, 2.75) is 32.4 Å². The van der Waals surface area contributed by atoms with Crippen molar-refractivity contribution >= 4 is 5.82 Å². The van der Waals surface area contributed by atoms with Crippen molar-refractivity contribution in [3.8, 4) is 0 Å². The van der Waals surface area contributed by atoms with Crippen molar-refractivity contribution < 1.29 is 18.2 Å². The number of nitrogen functional groups attached to an aromatic ring is 1. The number of rotatable bonds is 0. The van der Waals surface area contributed by atoms with Crippen LogP contribution in [0.25, 0.3) is 0 Å². The average molecular weight is 219 g/mol. The van der Waals surface area contributed by atoms with Gasteiger partial charge in [0.05, 0.1) is 11.8 Å². The molecule has 2 nitrogen and oxygen atoms in total. The van der Waals surface area contributed by atoms with Gasteiger partial charge in [-0.3, -0.25) is 5.73 Å². The summed E-state index contributed by atoms with van der Waals surface area (Å²) in [7, 11) is 0. The molecule has 0 spiro atoms. The van der Waals surface area contributed by atoms with Crippen molar-refractivity contribution in [3.05, 3.63) is 23.4 Å². The van der Waals surface area contributed by atoms with Crippen LogP contribution in [-0.2, 0) is 11.6 Å². The van der Waals surface area contributed by atoms with Gasteiger partial charge < -0.3 is 0 Å². The van der Waals surface area contributed by atoms with Gasteiger partial charge in [0.25, 0.3) is 5.82 Å². The molecule has 0 amide bonds. The summed E-state index contributed by atoms with van der Waals surface area (Å²) in [5.41, 5.74) is 4.27. The topological polar surface area (TPSA) is 40.2 Å². The Hall–Kier alpha value is -1.26. The average Bonchev–Trinajstić information content (AvgIpc) is 2.00. The molecule has 0 fully saturated rings. The van der Waals surface area contributed by atoms with E-state index in [0.717, 1.165) is 6.07 Å². The van der Waals surface area contributed by atoms with Gasteiger partial charge in [-0.25, -0.2) is 4.98 Å². The Labute approximate surface area is 86.3 Å². The van der Waals surface area contributed by atoms with E-state index in [2.05, 4.69) is 4.98 Å². The van der Waals surface area contributed by atoms with Crippen LogP contribution in [0.2, 0.25) is 0 Å². The Morgan fingerprint density at radius 2 is 1.67 bits per heavy atom. The van der Waals surface area contributed by atoms with Crippen molar-refractivity contribution in [1.29, 1.82) is 0 Å². The number of hydrogen-bond donors (Lipinski definition) is 1. The van der Waals surface area contributed by atoms with E-state index in [4.69, 9.17) is 5.73 Å². The van der Waals surface area contributed by atoms with Gasteiger partial charge >= 0.3 is 6.18 Å². The number of nitrogens with two attached hydrogens (primary N) is 1. The van der Waals surface area contributed by atoms with Gasteiger partial charge in [0.15, 0.2) is 0 Å². The maximum Gasteiger partial charge on any atom is 0.417 e. The second kappa shape index (κ2) is 3.40. The summed E-state index contributed by atoms with van der Waals surface area (Å²) in [6.07, 6.45) is -3.05. The SMILES string of the molecule is CC(C)(C)c1c[nH+]c(N)cc1C(F)(F)F. The zero-order chi connectivity index (χ0) is 11.9. The van der Waals surface area contributed by atoms with E-state index in [1.807, 2.05) is 0 Å². The second-order valence-electron chi connectivity index (χ2n) is 4.46. The van der Waals surface area contributed by atoms with Crippen LogP contribution < -0.4 is 10.7 Å². The molecule has 15 heavy (non-hydrogen) atoms. The molecule has 0 saturated heterocycles. The number of nitrogens with one attached hydrogen (secondary N) is 1. The van der Waals surface area contributed by atoms with Crippen LogP contribution in [0.4, 0.5) is 19.0 Å². The minimum absolute atomic E-state index is 0.00956. The first-order chi connectivity index (χ1) is 6.62. The van der Waals surface area contributed by atoms with E-state index < -0.39 is 17.2 Å². The number of halogens is 3. The quantitative estimate of drug-likeness (QED) is 0.715. The summed E-state index contributed by atoms with van der Waals surface area (Å²) in [5.74, 6) is 0.00956. The Balaban J connectivity index is 3.41. The third kappa shape index (κ3) is 2.61. The van der Waals surface area contributed by atoms with Crippen LogP contribution in [-0.4, -0.2) is 0 Å². The smallest absolute Gasteiger partial charge is 0.287 e. The number of pyridine rings is 1. The molecule has 1 aromatic rings. The molecule has 3 N–H and O–H groups in total. The summed E-state index contributed by atoms with van der Waals surface area (Å²) in [5, 5.41) is 0. The fourth-order valence-corrected chi connectivity index (χ4v) is 1.36. The molecule has 0 saturated carbocycles. The third-order valence-electron chi connectivity index (χ3n) is 2.09. The molecule has 1 rings (SSSR count). The standard InChI is InChI=1S/C10H13F3N2/c1-9(2,3)7-5-15-8(14)4-6(7)10(11,12)13/h4-5H,1-3H3,(H2,14,15)/p+1. The Bertz CT molecular complexity index is 364. The number of anilines is 1. The predicted molar refractivity (Wildman–Crippen MR) is 51.1 cm³/mol. The van der Waals surface area contributed by atoms with Crippen molar-refractivity contribution in [1.82, 2.24) is 0 Å². The number of alkyl halides is 3. The van der Waals surface area contributed by atoms with Crippen LogP contribution >= 0.6 is 0 Å².